The van der Waals surface area contributed by atoms with Crippen LogP contribution in [0.2, 0.25) is 0 Å². The zero-order valence-electron chi connectivity index (χ0n) is 17.5. The lowest BCUT2D eigenvalue weighted by Gasteiger charge is -2.20. The lowest BCUT2D eigenvalue weighted by Crippen LogP contribution is -2.45. The molecule has 1 atom stereocenters. The number of sulfonamides is 1. The van der Waals surface area contributed by atoms with Gasteiger partial charge in [0.2, 0.25) is 10.0 Å². The van der Waals surface area contributed by atoms with Crippen molar-refractivity contribution in [3.8, 4) is 5.75 Å². The van der Waals surface area contributed by atoms with E-state index < -0.39 is 40.5 Å². The molecule has 30 heavy (non-hydrogen) atoms. The number of hydrogen-bond donors (Lipinski definition) is 2. The monoisotopic (exact) mass is 438 g/mol. The molecule has 1 amide bonds. The summed E-state index contributed by atoms with van der Waals surface area (Å²) in [5, 5.41) is 6.67. The van der Waals surface area contributed by atoms with Crippen LogP contribution in [-0.4, -0.2) is 49.8 Å². The topological polar surface area (TPSA) is 129 Å². The van der Waals surface area contributed by atoms with E-state index in [1.165, 1.54) is 36.1 Å². The number of benzene rings is 1. The Morgan fingerprint density at radius 2 is 1.83 bits per heavy atom. The van der Waals surface area contributed by atoms with Gasteiger partial charge in [0, 0.05) is 13.1 Å². The number of carbonyl (C=O) groups excluding carboxylic acids is 2. The summed E-state index contributed by atoms with van der Waals surface area (Å²) >= 11 is 0. The number of methoxy groups -OCH3 is 1. The smallest absolute Gasteiger partial charge is 0.324 e. The molecule has 0 radical (unpaired) electrons. The average Bonchev–Trinajstić information content (AvgIpc) is 3.00. The van der Waals surface area contributed by atoms with Crippen LogP contribution in [0, 0.1) is 12.8 Å². The molecule has 0 fully saturated rings. The van der Waals surface area contributed by atoms with Crippen LogP contribution in [0.15, 0.2) is 35.2 Å². The highest BCUT2D eigenvalue weighted by Crippen LogP contribution is 2.17. The standard InChI is InChI=1S/C19H26N4O6S/c1-12(2)18(22-30(26,27)15-8-6-14(28-5)7-9-15)19(25)29-11-17(24)20-16-10-13(3)21-23(16)4/h6-10,12,18,22H,11H2,1-5H3,(H,20,24)/t18-/m0/s1. The van der Waals surface area contributed by atoms with Crippen molar-refractivity contribution in [1.29, 1.82) is 0 Å². The number of ether oxygens (including phenoxy) is 2. The molecular weight excluding hydrogens is 412 g/mol. The molecule has 2 rings (SSSR count). The van der Waals surface area contributed by atoms with E-state index >= 15 is 0 Å². The molecule has 1 heterocycles. The maximum atomic E-state index is 12.6. The van der Waals surface area contributed by atoms with Gasteiger partial charge in [-0.3, -0.25) is 14.3 Å². The Hall–Kier alpha value is -2.92. The molecule has 164 valence electrons. The third-order valence-corrected chi connectivity index (χ3v) is 5.64. The zero-order chi connectivity index (χ0) is 22.5. The third kappa shape index (κ3) is 6.04. The van der Waals surface area contributed by atoms with Crippen LogP contribution in [0.25, 0.3) is 0 Å². The number of anilines is 1. The minimum Gasteiger partial charge on any atom is -0.497 e. The van der Waals surface area contributed by atoms with E-state index in [2.05, 4.69) is 15.1 Å². The number of hydrogen-bond acceptors (Lipinski definition) is 7. The highest BCUT2D eigenvalue weighted by Gasteiger charge is 2.30. The molecule has 2 aromatic rings. The number of nitrogens with one attached hydrogen (secondary N) is 2. The van der Waals surface area contributed by atoms with E-state index in [1.54, 1.807) is 33.9 Å². The van der Waals surface area contributed by atoms with Gasteiger partial charge in [-0.25, -0.2) is 8.42 Å². The Morgan fingerprint density at radius 1 is 1.20 bits per heavy atom. The molecule has 0 bridgehead atoms. The summed E-state index contributed by atoms with van der Waals surface area (Å²) in [6.45, 7) is 4.55. The molecule has 0 unspecified atom stereocenters. The van der Waals surface area contributed by atoms with Gasteiger partial charge in [0.15, 0.2) is 6.61 Å². The minimum absolute atomic E-state index is 0.0222. The molecule has 1 aromatic heterocycles. The molecule has 0 aliphatic heterocycles. The second-order valence-electron chi connectivity index (χ2n) is 6.97. The summed E-state index contributed by atoms with van der Waals surface area (Å²) in [5.74, 6) is -0.865. The highest BCUT2D eigenvalue weighted by molar-refractivity contribution is 7.89. The van der Waals surface area contributed by atoms with Gasteiger partial charge in [-0.1, -0.05) is 13.8 Å². The zero-order valence-corrected chi connectivity index (χ0v) is 18.3. The van der Waals surface area contributed by atoms with Gasteiger partial charge in [0.1, 0.15) is 17.6 Å². The van der Waals surface area contributed by atoms with E-state index in [-0.39, 0.29) is 4.90 Å². The largest absolute Gasteiger partial charge is 0.497 e. The van der Waals surface area contributed by atoms with Crippen LogP contribution in [0.5, 0.6) is 5.75 Å². The lowest BCUT2D eigenvalue weighted by atomic mass is 10.1. The third-order valence-electron chi connectivity index (χ3n) is 4.19. The van der Waals surface area contributed by atoms with E-state index in [4.69, 9.17) is 9.47 Å². The number of amides is 1. The van der Waals surface area contributed by atoms with Crippen molar-refractivity contribution in [3.05, 3.63) is 36.0 Å². The first kappa shape index (κ1) is 23.4. The highest BCUT2D eigenvalue weighted by atomic mass is 32.2. The maximum absolute atomic E-state index is 12.6. The Labute approximate surface area is 175 Å². The average molecular weight is 439 g/mol. The summed E-state index contributed by atoms with van der Waals surface area (Å²) < 4.78 is 39.1. The Bertz CT molecular complexity index is 999. The summed E-state index contributed by atoms with van der Waals surface area (Å²) in [6.07, 6.45) is 0. The van der Waals surface area contributed by atoms with Crippen molar-refractivity contribution in [1.82, 2.24) is 14.5 Å². The molecule has 0 saturated heterocycles. The number of carbonyl (C=O) groups is 2. The van der Waals surface area contributed by atoms with Crippen molar-refractivity contribution in [2.45, 2.75) is 31.7 Å². The fourth-order valence-electron chi connectivity index (χ4n) is 2.58. The second kappa shape index (κ2) is 9.72. The van der Waals surface area contributed by atoms with Crippen molar-refractivity contribution in [2.75, 3.05) is 19.0 Å². The van der Waals surface area contributed by atoms with Gasteiger partial charge in [0.05, 0.1) is 17.7 Å². The first-order chi connectivity index (χ1) is 14.0. The predicted molar refractivity (Wildman–Crippen MR) is 109 cm³/mol. The molecule has 11 heteroatoms. The summed E-state index contributed by atoms with van der Waals surface area (Å²) in [6, 6.07) is 6.24. The minimum atomic E-state index is -3.98. The van der Waals surface area contributed by atoms with Crippen molar-refractivity contribution < 1.29 is 27.5 Å². The van der Waals surface area contributed by atoms with Gasteiger partial charge in [-0.05, 0) is 37.1 Å². The normalized spacial score (nSPS) is 12.5. The molecule has 0 saturated carbocycles. The van der Waals surface area contributed by atoms with E-state index in [0.29, 0.717) is 11.6 Å². The number of rotatable bonds is 9. The van der Waals surface area contributed by atoms with E-state index in [0.717, 1.165) is 5.69 Å². The fourth-order valence-corrected chi connectivity index (χ4v) is 3.91. The van der Waals surface area contributed by atoms with Crippen molar-refractivity contribution >= 4 is 27.7 Å². The van der Waals surface area contributed by atoms with Crippen molar-refractivity contribution in [3.63, 3.8) is 0 Å². The SMILES string of the molecule is COc1ccc(S(=O)(=O)N[C@H](C(=O)OCC(=O)Nc2cc(C)nn2C)C(C)C)cc1. The number of aryl methyl sites for hydroxylation is 2. The van der Waals surface area contributed by atoms with Gasteiger partial charge in [-0.15, -0.1) is 0 Å². The molecule has 0 aliphatic carbocycles. The predicted octanol–water partition coefficient (Wildman–Crippen LogP) is 1.22. The van der Waals surface area contributed by atoms with Crippen LogP contribution < -0.4 is 14.8 Å². The Kier molecular flexibility index (Phi) is 7.57. The molecular formula is C19H26N4O6S. The molecule has 0 spiro atoms. The van der Waals surface area contributed by atoms with Gasteiger partial charge >= 0.3 is 5.97 Å². The van der Waals surface area contributed by atoms with E-state index in [9.17, 15) is 18.0 Å². The maximum Gasteiger partial charge on any atom is 0.324 e. The second-order valence-corrected chi connectivity index (χ2v) is 8.68. The van der Waals surface area contributed by atoms with Crippen LogP contribution in [-0.2, 0) is 31.4 Å². The van der Waals surface area contributed by atoms with Gasteiger partial charge in [-0.2, -0.15) is 9.82 Å². The molecule has 0 aliphatic rings. The Morgan fingerprint density at radius 3 is 2.33 bits per heavy atom. The summed E-state index contributed by atoms with van der Waals surface area (Å²) in [4.78, 5) is 24.5. The summed E-state index contributed by atoms with van der Waals surface area (Å²) in [5.41, 5.74) is 0.720. The lowest BCUT2D eigenvalue weighted by molar-refractivity contribution is -0.150. The number of nitrogens with zero attached hydrogens (tertiary/aromatic N) is 2. The molecule has 2 N–H and O–H groups in total. The Balaban J connectivity index is 2.01. The molecule has 1 aromatic carbocycles. The van der Waals surface area contributed by atoms with Crippen molar-refractivity contribution in [2.24, 2.45) is 13.0 Å². The first-order valence-corrected chi connectivity index (χ1v) is 10.7. The summed E-state index contributed by atoms with van der Waals surface area (Å²) in [7, 11) is -0.849. The molecule has 10 nitrogen and oxygen atoms in total. The van der Waals surface area contributed by atoms with Crippen LogP contribution >= 0.6 is 0 Å². The van der Waals surface area contributed by atoms with E-state index in [1.807, 2.05) is 0 Å². The number of aromatic nitrogens is 2. The van der Waals surface area contributed by atoms with Gasteiger partial charge < -0.3 is 14.8 Å². The van der Waals surface area contributed by atoms with Crippen LogP contribution in [0.1, 0.15) is 19.5 Å². The van der Waals surface area contributed by atoms with Crippen LogP contribution in [0.4, 0.5) is 5.82 Å². The van der Waals surface area contributed by atoms with Gasteiger partial charge in [0.25, 0.3) is 5.91 Å². The fraction of sp³-hybridized carbons (Fsp3) is 0.421. The number of esters is 1. The van der Waals surface area contributed by atoms with Crippen LogP contribution in [0.3, 0.4) is 0 Å². The quantitative estimate of drug-likeness (QED) is 0.563. The first-order valence-electron chi connectivity index (χ1n) is 9.17.